The summed E-state index contributed by atoms with van der Waals surface area (Å²) in [4.78, 5) is 15.6. The second-order valence-corrected chi connectivity index (χ2v) is 6.21. The maximum Gasteiger partial charge on any atom is 0.347 e. The Balaban J connectivity index is 2.63. The van der Waals surface area contributed by atoms with Crippen molar-refractivity contribution in [3.8, 4) is 10.6 Å². The number of thiazole rings is 1. The van der Waals surface area contributed by atoms with Gasteiger partial charge >= 0.3 is 5.97 Å². The monoisotopic (exact) mass is 361 g/mol. The van der Waals surface area contributed by atoms with Crippen LogP contribution in [0.2, 0.25) is 0 Å². The molecule has 1 aromatic heterocycles. The quantitative estimate of drug-likeness (QED) is 0.808. The van der Waals surface area contributed by atoms with E-state index in [-0.39, 0.29) is 15.3 Å². The molecule has 0 bridgehead atoms. The first kappa shape index (κ1) is 15.1. The number of carbonyl (C=O) groups is 1. The molecule has 2 aromatic rings. The Hall–Kier alpha value is -1.34. The lowest BCUT2D eigenvalue weighted by Gasteiger charge is -2.03. The summed E-state index contributed by atoms with van der Waals surface area (Å²) >= 11 is 3.93. The van der Waals surface area contributed by atoms with E-state index < -0.39 is 17.6 Å². The van der Waals surface area contributed by atoms with Crippen LogP contribution in [-0.2, 0) is 0 Å². The number of rotatable bonds is 3. The van der Waals surface area contributed by atoms with E-state index in [0.717, 1.165) is 17.4 Å². The molecule has 0 saturated carbocycles. The molecule has 7 heteroatoms. The number of carboxylic acids is 1. The molecule has 0 atom stereocenters. The van der Waals surface area contributed by atoms with Gasteiger partial charge in [0.15, 0.2) is 11.6 Å². The molecule has 0 aliphatic carbocycles. The van der Waals surface area contributed by atoms with Gasteiger partial charge in [0.05, 0.1) is 10.2 Å². The molecule has 1 N–H and O–H groups in total. The highest BCUT2D eigenvalue weighted by Crippen LogP contribution is 2.37. The van der Waals surface area contributed by atoms with Gasteiger partial charge in [-0.25, -0.2) is 18.6 Å². The lowest BCUT2D eigenvalue weighted by Crippen LogP contribution is -2.00. The highest BCUT2D eigenvalue weighted by molar-refractivity contribution is 9.10. The number of benzene rings is 1. The fraction of sp³-hybridized carbons (Fsp3) is 0.231. The van der Waals surface area contributed by atoms with Gasteiger partial charge in [-0.05, 0) is 34.0 Å². The maximum atomic E-state index is 13.5. The van der Waals surface area contributed by atoms with E-state index in [4.69, 9.17) is 5.11 Å². The van der Waals surface area contributed by atoms with Crippen LogP contribution in [0.15, 0.2) is 16.6 Å². The summed E-state index contributed by atoms with van der Waals surface area (Å²) in [5.41, 5.74) is 0.775. The van der Waals surface area contributed by atoms with E-state index in [2.05, 4.69) is 20.9 Å². The Morgan fingerprint density at radius 3 is 2.55 bits per heavy atom. The molecule has 20 heavy (non-hydrogen) atoms. The highest BCUT2D eigenvalue weighted by Gasteiger charge is 2.22. The SMILES string of the molecule is CC(C)c1nc(-c2ccc(F)c(F)c2Br)sc1C(=O)O. The van der Waals surface area contributed by atoms with Crippen molar-refractivity contribution in [2.75, 3.05) is 0 Å². The van der Waals surface area contributed by atoms with E-state index in [1.54, 1.807) is 0 Å². The van der Waals surface area contributed by atoms with Crippen LogP contribution in [0.4, 0.5) is 8.78 Å². The Morgan fingerprint density at radius 2 is 2.05 bits per heavy atom. The first-order valence-corrected chi connectivity index (χ1v) is 7.31. The van der Waals surface area contributed by atoms with Crippen molar-refractivity contribution in [1.29, 1.82) is 0 Å². The first-order valence-electron chi connectivity index (χ1n) is 5.70. The van der Waals surface area contributed by atoms with Crippen molar-refractivity contribution in [3.05, 3.63) is 38.8 Å². The van der Waals surface area contributed by atoms with Gasteiger partial charge in [0.1, 0.15) is 9.88 Å². The van der Waals surface area contributed by atoms with Gasteiger partial charge in [-0.2, -0.15) is 0 Å². The molecule has 0 saturated heterocycles. The van der Waals surface area contributed by atoms with Crippen molar-refractivity contribution in [3.63, 3.8) is 0 Å². The normalized spacial score (nSPS) is 11.1. The van der Waals surface area contributed by atoms with Crippen molar-refractivity contribution >= 4 is 33.2 Å². The maximum absolute atomic E-state index is 13.5. The third-order valence-corrected chi connectivity index (χ3v) is 4.53. The van der Waals surface area contributed by atoms with E-state index in [1.165, 1.54) is 6.07 Å². The average Bonchev–Trinajstić information content (AvgIpc) is 2.81. The van der Waals surface area contributed by atoms with Gasteiger partial charge in [0, 0.05) is 5.56 Å². The van der Waals surface area contributed by atoms with Crippen molar-refractivity contribution in [2.45, 2.75) is 19.8 Å². The van der Waals surface area contributed by atoms with Gasteiger partial charge < -0.3 is 5.11 Å². The van der Waals surface area contributed by atoms with Gasteiger partial charge in [-0.1, -0.05) is 13.8 Å². The van der Waals surface area contributed by atoms with Crippen LogP contribution in [0.3, 0.4) is 0 Å². The molecule has 1 heterocycles. The molecule has 0 unspecified atom stereocenters. The van der Waals surface area contributed by atoms with Gasteiger partial charge in [-0.15, -0.1) is 11.3 Å². The van der Waals surface area contributed by atoms with Gasteiger partial charge in [0.25, 0.3) is 0 Å². The predicted molar refractivity (Wildman–Crippen MR) is 76.2 cm³/mol. The predicted octanol–water partition coefficient (Wildman–Crippen LogP) is 4.67. The lowest BCUT2D eigenvalue weighted by molar-refractivity contribution is 0.0700. The third-order valence-electron chi connectivity index (χ3n) is 2.66. The van der Waals surface area contributed by atoms with E-state index in [9.17, 15) is 13.6 Å². The zero-order chi connectivity index (χ0) is 15.0. The Kier molecular flexibility index (Phi) is 4.19. The molecule has 0 amide bonds. The highest BCUT2D eigenvalue weighted by atomic mass is 79.9. The van der Waals surface area contributed by atoms with E-state index >= 15 is 0 Å². The molecule has 3 nitrogen and oxygen atoms in total. The minimum Gasteiger partial charge on any atom is -0.477 e. The van der Waals surface area contributed by atoms with Crippen molar-refractivity contribution in [1.82, 2.24) is 4.98 Å². The number of aromatic nitrogens is 1. The minimum atomic E-state index is -1.07. The van der Waals surface area contributed by atoms with Gasteiger partial charge in [-0.3, -0.25) is 0 Å². The fourth-order valence-electron chi connectivity index (χ4n) is 1.68. The minimum absolute atomic E-state index is 0.0569. The number of hydrogen-bond acceptors (Lipinski definition) is 3. The van der Waals surface area contributed by atoms with Crippen LogP contribution in [0.1, 0.15) is 35.1 Å². The van der Waals surface area contributed by atoms with Crippen molar-refractivity contribution < 1.29 is 18.7 Å². The topological polar surface area (TPSA) is 50.2 Å². The summed E-state index contributed by atoms with van der Waals surface area (Å²) in [6, 6.07) is 2.36. The standard InChI is InChI=1S/C13H10BrF2NO2S/c1-5(2)10-11(13(18)19)20-12(17-10)6-3-4-7(15)9(16)8(6)14/h3-5H,1-2H3,(H,18,19). The van der Waals surface area contributed by atoms with Crippen molar-refractivity contribution in [2.24, 2.45) is 0 Å². The molecule has 0 aliphatic heterocycles. The molecule has 0 fully saturated rings. The number of aromatic carboxylic acids is 1. The fourth-order valence-corrected chi connectivity index (χ4v) is 3.41. The summed E-state index contributed by atoms with van der Waals surface area (Å²) in [6.45, 7) is 3.65. The third kappa shape index (κ3) is 2.60. The van der Waals surface area contributed by atoms with Crippen LogP contribution in [0.5, 0.6) is 0 Å². The second-order valence-electron chi connectivity index (χ2n) is 4.42. The van der Waals surface area contributed by atoms with Crippen LogP contribution < -0.4 is 0 Å². The summed E-state index contributed by atoms with van der Waals surface area (Å²) in [5, 5.41) is 9.51. The van der Waals surface area contributed by atoms with E-state index in [1.807, 2.05) is 13.8 Å². The molecule has 0 radical (unpaired) electrons. The molecule has 0 aliphatic rings. The summed E-state index contributed by atoms with van der Waals surface area (Å²) in [7, 11) is 0. The Morgan fingerprint density at radius 1 is 1.40 bits per heavy atom. The first-order chi connectivity index (χ1) is 9.32. The molecule has 1 aromatic carbocycles. The number of halogens is 3. The molecule has 106 valence electrons. The number of nitrogens with zero attached hydrogens (tertiary/aromatic N) is 1. The second kappa shape index (κ2) is 5.57. The molecular formula is C13H10BrF2NO2S. The van der Waals surface area contributed by atoms with Crippen LogP contribution in [-0.4, -0.2) is 16.1 Å². The number of hydrogen-bond donors (Lipinski definition) is 1. The zero-order valence-corrected chi connectivity index (χ0v) is 13.0. The molecular weight excluding hydrogens is 352 g/mol. The number of carboxylic acid groups (broad SMARTS) is 1. The van der Waals surface area contributed by atoms with Crippen LogP contribution in [0.25, 0.3) is 10.6 Å². The lowest BCUT2D eigenvalue weighted by atomic mass is 10.1. The van der Waals surface area contributed by atoms with Crippen LogP contribution in [0, 0.1) is 11.6 Å². The van der Waals surface area contributed by atoms with Gasteiger partial charge in [0.2, 0.25) is 0 Å². The summed E-state index contributed by atoms with van der Waals surface area (Å²) in [5.74, 6) is -3.13. The average molecular weight is 362 g/mol. The largest absolute Gasteiger partial charge is 0.477 e. The summed E-state index contributed by atoms with van der Waals surface area (Å²) in [6.07, 6.45) is 0. The Bertz CT molecular complexity index is 685. The zero-order valence-electron chi connectivity index (χ0n) is 10.6. The molecule has 2 rings (SSSR count). The van der Waals surface area contributed by atoms with E-state index in [0.29, 0.717) is 16.3 Å². The Labute approximate surface area is 126 Å². The van der Waals surface area contributed by atoms with Crippen LogP contribution >= 0.6 is 27.3 Å². The smallest absolute Gasteiger partial charge is 0.347 e. The summed E-state index contributed by atoms with van der Waals surface area (Å²) < 4.78 is 26.6. The molecule has 0 spiro atoms.